The predicted molar refractivity (Wildman–Crippen MR) is 92.4 cm³/mol. The number of hydrogen-bond donors (Lipinski definition) is 2. The van der Waals surface area contributed by atoms with Gasteiger partial charge in [0.2, 0.25) is 0 Å². The average molecular weight is 329 g/mol. The molecule has 0 spiro atoms. The van der Waals surface area contributed by atoms with Crippen LogP contribution in [0.25, 0.3) is 5.69 Å². The van der Waals surface area contributed by atoms with Crippen molar-refractivity contribution in [2.75, 3.05) is 32.1 Å². The van der Waals surface area contributed by atoms with Crippen molar-refractivity contribution < 1.29 is 9.53 Å². The van der Waals surface area contributed by atoms with E-state index in [9.17, 15) is 4.79 Å². The summed E-state index contributed by atoms with van der Waals surface area (Å²) in [5.74, 6) is 0. The fourth-order valence-electron chi connectivity index (χ4n) is 2.94. The molecule has 0 radical (unpaired) electrons. The first-order valence-electron chi connectivity index (χ1n) is 8.13. The molecule has 3 rings (SSSR count). The molecule has 0 saturated carbocycles. The van der Waals surface area contributed by atoms with E-state index in [1.807, 2.05) is 50.5 Å². The third-order valence-corrected chi connectivity index (χ3v) is 4.04. The number of urea groups is 1. The maximum atomic E-state index is 12.2. The molecule has 0 aliphatic carbocycles. The van der Waals surface area contributed by atoms with E-state index in [0.717, 1.165) is 24.5 Å². The van der Waals surface area contributed by atoms with Crippen molar-refractivity contribution in [1.29, 1.82) is 0 Å². The van der Waals surface area contributed by atoms with Crippen LogP contribution in [0.4, 0.5) is 10.5 Å². The first-order chi connectivity index (χ1) is 11.7. The molecule has 1 fully saturated rings. The molecule has 1 saturated heterocycles. The first-order valence-corrected chi connectivity index (χ1v) is 8.13. The van der Waals surface area contributed by atoms with Crippen LogP contribution in [0, 0.1) is 0 Å². The minimum Gasteiger partial charge on any atom is -0.375 e. The summed E-state index contributed by atoms with van der Waals surface area (Å²) in [7, 11) is 2.03. The summed E-state index contributed by atoms with van der Waals surface area (Å²) in [5.41, 5.74) is 1.68. The molecule has 2 N–H and O–H groups in total. The Morgan fingerprint density at radius 2 is 2.12 bits per heavy atom. The molecule has 2 amide bonds. The van der Waals surface area contributed by atoms with E-state index in [1.165, 1.54) is 0 Å². The van der Waals surface area contributed by atoms with E-state index in [0.29, 0.717) is 6.61 Å². The Morgan fingerprint density at radius 1 is 1.33 bits per heavy atom. The minimum absolute atomic E-state index is 0.00158. The Bertz CT molecular complexity index is 656. The summed E-state index contributed by atoms with van der Waals surface area (Å²) in [6.45, 7) is 4.23. The lowest BCUT2D eigenvalue weighted by molar-refractivity contribution is 0.0568. The number of anilines is 1. The molecular formula is C17H23N5O2. The summed E-state index contributed by atoms with van der Waals surface area (Å²) in [4.78, 5) is 14.4. The predicted octanol–water partition coefficient (Wildman–Crippen LogP) is 1.71. The van der Waals surface area contributed by atoms with Crippen molar-refractivity contribution >= 4 is 11.7 Å². The van der Waals surface area contributed by atoms with Gasteiger partial charge in [0.05, 0.1) is 17.8 Å². The van der Waals surface area contributed by atoms with Crippen LogP contribution in [-0.4, -0.2) is 59.6 Å². The van der Waals surface area contributed by atoms with Gasteiger partial charge in [0.1, 0.15) is 0 Å². The lowest BCUT2D eigenvalue weighted by atomic mass is 10.2. The number of nitrogens with zero attached hydrogens (tertiary/aromatic N) is 3. The second-order valence-electron chi connectivity index (χ2n) is 5.92. The van der Waals surface area contributed by atoms with Gasteiger partial charge in [-0.1, -0.05) is 0 Å². The van der Waals surface area contributed by atoms with Gasteiger partial charge in [0, 0.05) is 37.8 Å². The maximum absolute atomic E-state index is 12.2. The third-order valence-electron chi connectivity index (χ3n) is 4.04. The molecule has 24 heavy (non-hydrogen) atoms. The summed E-state index contributed by atoms with van der Waals surface area (Å²) >= 11 is 0. The van der Waals surface area contributed by atoms with E-state index in [2.05, 4.69) is 20.6 Å². The van der Waals surface area contributed by atoms with Gasteiger partial charge in [-0.05, 0) is 44.3 Å². The van der Waals surface area contributed by atoms with Crippen molar-refractivity contribution in [3.8, 4) is 5.69 Å². The summed E-state index contributed by atoms with van der Waals surface area (Å²) in [6.07, 6.45) is 3.64. The van der Waals surface area contributed by atoms with E-state index in [-0.39, 0.29) is 18.2 Å². The number of aromatic nitrogens is 2. The number of likely N-dealkylation sites (N-methyl/N-ethyl adjacent to an activating group) is 1. The zero-order chi connectivity index (χ0) is 16.9. The number of ether oxygens (including phenoxy) is 1. The van der Waals surface area contributed by atoms with E-state index in [4.69, 9.17) is 4.74 Å². The maximum Gasteiger partial charge on any atom is 0.319 e. The quantitative estimate of drug-likeness (QED) is 0.876. The van der Waals surface area contributed by atoms with Crippen LogP contribution in [0.3, 0.4) is 0 Å². The van der Waals surface area contributed by atoms with Gasteiger partial charge < -0.3 is 20.3 Å². The largest absolute Gasteiger partial charge is 0.375 e. The zero-order valence-electron chi connectivity index (χ0n) is 14.0. The van der Waals surface area contributed by atoms with Gasteiger partial charge >= 0.3 is 6.03 Å². The van der Waals surface area contributed by atoms with Crippen molar-refractivity contribution in [1.82, 2.24) is 20.0 Å². The van der Waals surface area contributed by atoms with Gasteiger partial charge in [-0.25, -0.2) is 9.48 Å². The highest BCUT2D eigenvalue weighted by Gasteiger charge is 2.32. The van der Waals surface area contributed by atoms with Crippen molar-refractivity contribution in [2.24, 2.45) is 0 Å². The second kappa shape index (κ2) is 7.46. The van der Waals surface area contributed by atoms with Crippen LogP contribution >= 0.6 is 0 Å². The Morgan fingerprint density at radius 3 is 2.79 bits per heavy atom. The molecule has 1 aromatic heterocycles. The van der Waals surface area contributed by atoms with E-state index < -0.39 is 0 Å². The number of likely N-dealkylation sites (tertiary alicyclic amines) is 1. The molecule has 0 unspecified atom stereocenters. The monoisotopic (exact) mass is 329 g/mol. The van der Waals surface area contributed by atoms with Crippen LogP contribution in [0.1, 0.15) is 6.92 Å². The topological polar surface area (TPSA) is 71.4 Å². The van der Waals surface area contributed by atoms with Gasteiger partial charge in [-0.2, -0.15) is 5.10 Å². The van der Waals surface area contributed by atoms with Gasteiger partial charge in [-0.3, -0.25) is 0 Å². The fraction of sp³-hybridized carbons (Fsp3) is 0.412. The number of hydrogen-bond acceptors (Lipinski definition) is 4. The van der Waals surface area contributed by atoms with Crippen LogP contribution in [0.2, 0.25) is 0 Å². The van der Waals surface area contributed by atoms with E-state index >= 15 is 0 Å². The Kier molecular flexibility index (Phi) is 5.12. The molecule has 7 nitrogen and oxygen atoms in total. The SMILES string of the molecule is CCO[C@H]1CN(C)C[C@@H]1NC(=O)Nc1ccc(-n2cccn2)cc1. The normalized spacial score (nSPS) is 20.9. The van der Waals surface area contributed by atoms with Crippen molar-refractivity contribution in [2.45, 2.75) is 19.1 Å². The number of benzene rings is 1. The number of amides is 2. The van der Waals surface area contributed by atoms with Crippen LogP contribution in [0.5, 0.6) is 0 Å². The minimum atomic E-state index is -0.216. The Labute approximate surface area is 141 Å². The molecule has 0 bridgehead atoms. The summed E-state index contributed by atoms with van der Waals surface area (Å²) < 4.78 is 7.47. The number of rotatable bonds is 5. The smallest absolute Gasteiger partial charge is 0.319 e. The Balaban J connectivity index is 1.56. The molecule has 2 aromatic rings. The molecule has 2 atom stereocenters. The number of carbonyl (C=O) groups is 1. The van der Waals surface area contributed by atoms with E-state index in [1.54, 1.807) is 10.9 Å². The van der Waals surface area contributed by atoms with Crippen molar-refractivity contribution in [3.63, 3.8) is 0 Å². The third kappa shape index (κ3) is 3.93. The molecule has 1 aliphatic heterocycles. The molecule has 1 aliphatic rings. The zero-order valence-corrected chi connectivity index (χ0v) is 14.0. The van der Waals surface area contributed by atoms with Gasteiger partial charge in [-0.15, -0.1) is 0 Å². The first kappa shape index (κ1) is 16.5. The highest BCUT2D eigenvalue weighted by Crippen LogP contribution is 2.14. The standard InChI is InChI=1S/C17H23N5O2/c1-3-24-16-12-21(2)11-15(16)20-17(23)19-13-5-7-14(8-6-13)22-10-4-9-18-22/h4-10,15-16H,3,11-12H2,1-2H3,(H2,19,20,23)/t15-,16-/m0/s1. The molecule has 1 aromatic carbocycles. The number of carbonyl (C=O) groups excluding carboxylic acids is 1. The van der Waals surface area contributed by atoms with Crippen LogP contribution in [0.15, 0.2) is 42.7 Å². The highest BCUT2D eigenvalue weighted by atomic mass is 16.5. The van der Waals surface area contributed by atoms with Crippen LogP contribution in [-0.2, 0) is 4.74 Å². The average Bonchev–Trinajstić information content (AvgIpc) is 3.19. The fourth-order valence-corrected chi connectivity index (χ4v) is 2.94. The number of nitrogens with one attached hydrogen (secondary N) is 2. The second-order valence-corrected chi connectivity index (χ2v) is 5.92. The lowest BCUT2D eigenvalue weighted by Gasteiger charge is -2.20. The molecule has 2 heterocycles. The molecule has 7 heteroatoms. The summed E-state index contributed by atoms with van der Waals surface area (Å²) in [5, 5.41) is 10.0. The van der Waals surface area contributed by atoms with Crippen molar-refractivity contribution in [3.05, 3.63) is 42.7 Å². The molecule has 128 valence electrons. The van der Waals surface area contributed by atoms with Gasteiger partial charge in [0.15, 0.2) is 0 Å². The summed E-state index contributed by atoms with van der Waals surface area (Å²) in [6, 6.07) is 9.19. The van der Waals surface area contributed by atoms with Crippen LogP contribution < -0.4 is 10.6 Å². The Hall–Kier alpha value is -2.38. The lowest BCUT2D eigenvalue weighted by Crippen LogP contribution is -2.45. The molecular weight excluding hydrogens is 306 g/mol. The van der Waals surface area contributed by atoms with Gasteiger partial charge in [0.25, 0.3) is 0 Å². The highest BCUT2D eigenvalue weighted by molar-refractivity contribution is 5.89.